The van der Waals surface area contributed by atoms with Crippen molar-refractivity contribution in [1.29, 1.82) is 0 Å². The number of likely N-dealkylation sites (N-methyl/N-ethyl adjacent to an activating group) is 2. The Bertz CT molecular complexity index is 660. The Hall–Kier alpha value is -1.64. The van der Waals surface area contributed by atoms with Crippen LogP contribution in [0.3, 0.4) is 0 Å². The molecule has 7 nitrogen and oxygen atoms in total. The highest BCUT2D eigenvalue weighted by molar-refractivity contribution is 7.92. The second-order valence-electron chi connectivity index (χ2n) is 5.84. The predicted octanol–water partition coefficient (Wildman–Crippen LogP) is 0.133. The largest absolute Gasteiger partial charge is 0.318 e. The maximum Gasteiger partial charge on any atom is 0.229 e. The molecule has 1 unspecified atom stereocenters. The highest BCUT2D eigenvalue weighted by Crippen LogP contribution is 2.23. The number of sulfonamides is 1. The predicted molar refractivity (Wildman–Crippen MR) is 94.4 cm³/mol. The topological polar surface area (TPSA) is 85.8 Å². The van der Waals surface area contributed by atoms with Crippen molar-refractivity contribution in [3.63, 3.8) is 0 Å². The summed E-state index contributed by atoms with van der Waals surface area (Å²) >= 11 is 0. The number of nitrogens with one attached hydrogen (secondary N) is 3. The van der Waals surface area contributed by atoms with E-state index in [1.807, 2.05) is 25.2 Å². The molecule has 0 radical (unpaired) electrons. The molecule has 1 aromatic rings. The van der Waals surface area contributed by atoms with Crippen LogP contribution in [0.25, 0.3) is 0 Å². The van der Waals surface area contributed by atoms with Crippen LogP contribution in [0.5, 0.6) is 0 Å². The number of nitrogens with zero attached hydrogens (tertiary/aromatic N) is 2. The van der Waals surface area contributed by atoms with Crippen LogP contribution in [0.15, 0.2) is 29.4 Å². The Morgan fingerprint density at radius 1 is 1.39 bits per heavy atom. The molecule has 0 fully saturated rings. The molecule has 1 heterocycles. The zero-order valence-electron chi connectivity index (χ0n) is 13.8. The summed E-state index contributed by atoms with van der Waals surface area (Å²) in [7, 11) is 0.687. The summed E-state index contributed by atoms with van der Waals surface area (Å²) in [6.45, 7) is 3.49. The van der Waals surface area contributed by atoms with Crippen LogP contribution < -0.4 is 15.5 Å². The lowest BCUT2D eigenvalue weighted by Gasteiger charge is -2.22. The molecule has 0 aromatic heterocycles. The first-order valence-corrected chi connectivity index (χ1v) is 9.50. The molecule has 0 amide bonds. The first kappa shape index (κ1) is 17.7. The number of hydrazone groups is 1. The van der Waals surface area contributed by atoms with Crippen molar-refractivity contribution in [2.24, 2.45) is 11.0 Å². The minimum atomic E-state index is -3.33. The molecule has 0 saturated carbocycles. The third-order valence-corrected chi connectivity index (χ3v) is 4.29. The number of anilines is 1. The zero-order valence-corrected chi connectivity index (χ0v) is 14.7. The highest BCUT2D eigenvalue weighted by Gasteiger charge is 2.26. The minimum absolute atomic E-state index is 0.222. The van der Waals surface area contributed by atoms with Gasteiger partial charge < -0.3 is 15.6 Å². The van der Waals surface area contributed by atoms with E-state index in [0.29, 0.717) is 5.69 Å². The van der Waals surface area contributed by atoms with E-state index in [2.05, 4.69) is 32.5 Å². The number of hydrogen-bond donors (Lipinski definition) is 3. The second kappa shape index (κ2) is 7.76. The van der Waals surface area contributed by atoms with Crippen molar-refractivity contribution in [2.75, 3.05) is 51.3 Å². The van der Waals surface area contributed by atoms with Crippen LogP contribution in [0, 0.1) is 5.92 Å². The van der Waals surface area contributed by atoms with Gasteiger partial charge in [0.05, 0.1) is 17.7 Å². The molecule has 1 aliphatic rings. The summed E-state index contributed by atoms with van der Waals surface area (Å²) < 4.78 is 25.7. The summed E-state index contributed by atoms with van der Waals surface area (Å²) in [6, 6.07) is 7.37. The van der Waals surface area contributed by atoms with Gasteiger partial charge in [-0.25, -0.2) is 8.42 Å². The maximum atomic E-state index is 11.6. The van der Waals surface area contributed by atoms with Crippen molar-refractivity contribution in [3.05, 3.63) is 29.8 Å². The fourth-order valence-corrected chi connectivity index (χ4v) is 3.20. The Morgan fingerprint density at radius 3 is 2.83 bits per heavy atom. The summed E-state index contributed by atoms with van der Waals surface area (Å²) in [5, 5.41) is 7.54. The van der Waals surface area contributed by atoms with E-state index < -0.39 is 10.0 Å². The van der Waals surface area contributed by atoms with Gasteiger partial charge >= 0.3 is 0 Å². The highest BCUT2D eigenvalue weighted by atomic mass is 32.2. The summed E-state index contributed by atoms with van der Waals surface area (Å²) in [5.41, 5.74) is 5.34. The second-order valence-corrected chi connectivity index (χ2v) is 7.59. The van der Waals surface area contributed by atoms with Crippen LogP contribution in [0.1, 0.15) is 5.56 Å². The van der Waals surface area contributed by atoms with E-state index in [0.717, 1.165) is 43.7 Å². The van der Waals surface area contributed by atoms with Gasteiger partial charge in [0.1, 0.15) is 0 Å². The Labute approximate surface area is 138 Å². The Kier molecular flexibility index (Phi) is 5.97. The third kappa shape index (κ3) is 5.19. The third-order valence-electron chi connectivity index (χ3n) is 3.70. The van der Waals surface area contributed by atoms with Crippen molar-refractivity contribution in [2.45, 2.75) is 0 Å². The molecule has 0 spiro atoms. The Balaban J connectivity index is 2.17. The lowest BCUT2D eigenvalue weighted by atomic mass is 9.96. The molecule has 0 saturated heterocycles. The maximum absolute atomic E-state index is 11.6. The molecule has 0 bridgehead atoms. The first-order valence-electron chi connectivity index (χ1n) is 7.61. The smallest absolute Gasteiger partial charge is 0.229 e. The molecule has 1 atom stereocenters. The molecule has 3 N–H and O–H groups in total. The standard InChI is InChI=1S/C15H25N5O2S/c1-16-8-9-20(2)11-12-10-17-18-15(12)13-6-4-5-7-14(13)19-23(3,21)22/h4-7,12,16-17,19H,8-11H2,1-3H3. The molecule has 8 heteroatoms. The number of benzene rings is 1. The van der Waals surface area contributed by atoms with Crippen molar-refractivity contribution in [3.8, 4) is 0 Å². The quantitative estimate of drug-likeness (QED) is 0.627. The van der Waals surface area contributed by atoms with Gasteiger partial charge in [0.15, 0.2) is 0 Å². The number of hydrogen-bond acceptors (Lipinski definition) is 6. The monoisotopic (exact) mass is 339 g/mol. The summed E-state index contributed by atoms with van der Waals surface area (Å²) in [6.07, 6.45) is 1.15. The van der Waals surface area contributed by atoms with E-state index in [-0.39, 0.29) is 5.92 Å². The van der Waals surface area contributed by atoms with Gasteiger partial charge in [-0.3, -0.25) is 4.72 Å². The molecule has 1 aromatic carbocycles. The molecule has 23 heavy (non-hydrogen) atoms. The van der Waals surface area contributed by atoms with Crippen LogP contribution in [-0.4, -0.2) is 65.6 Å². The number of para-hydroxylation sites is 1. The van der Waals surface area contributed by atoms with Crippen LogP contribution in [0.4, 0.5) is 5.69 Å². The van der Waals surface area contributed by atoms with Gasteiger partial charge in [0.2, 0.25) is 10.0 Å². The lowest BCUT2D eigenvalue weighted by molar-refractivity contribution is 0.311. The molecular formula is C15H25N5O2S. The zero-order chi connectivity index (χ0) is 16.9. The van der Waals surface area contributed by atoms with Gasteiger partial charge in [-0.15, -0.1) is 0 Å². The summed E-state index contributed by atoms with van der Waals surface area (Å²) in [5.74, 6) is 0.222. The van der Waals surface area contributed by atoms with E-state index >= 15 is 0 Å². The fraction of sp³-hybridized carbons (Fsp3) is 0.533. The van der Waals surface area contributed by atoms with Gasteiger partial charge in [0.25, 0.3) is 0 Å². The average Bonchev–Trinajstić information content (AvgIpc) is 2.92. The van der Waals surface area contributed by atoms with Crippen LogP contribution >= 0.6 is 0 Å². The fourth-order valence-electron chi connectivity index (χ4n) is 2.63. The van der Waals surface area contributed by atoms with Gasteiger partial charge in [-0.2, -0.15) is 5.10 Å². The first-order chi connectivity index (χ1) is 10.9. The van der Waals surface area contributed by atoms with Gasteiger partial charge in [0, 0.05) is 37.7 Å². The van der Waals surface area contributed by atoms with Crippen LogP contribution in [-0.2, 0) is 10.0 Å². The Morgan fingerprint density at radius 2 is 2.13 bits per heavy atom. The van der Waals surface area contributed by atoms with Gasteiger partial charge in [-0.1, -0.05) is 18.2 Å². The average molecular weight is 339 g/mol. The van der Waals surface area contributed by atoms with E-state index in [1.165, 1.54) is 0 Å². The molecule has 0 aliphatic carbocycles. The normalized spacial score (nSPS) is 17.9. The molecule has 128 valence electrons. The van der Waals surface area contributed by atoms with E-state index in [4.69, 9.17) is 0 Å². The van der Waals surface area contributed by atoms with E-state index in [9.17, 15) is 8.42 Å². The molecular weight excluding hydrogens is 314 g/mol. The summed E-state index contributed by atoms with van der Waals surface area (Å²) in [4.78, 5) is 2.25. The van der Waals surface area contributed by atoms with Gasteiger partial charge in [-0.05, 0) is 20.2 Å². The number of rotatable bonds is 8. The van der Waals surface area contributed by atoms with E-state index in [1.54, 1.807) is 6.07 Å². The van der Waals surface area contributed by atoms with Crippen molar-refractivity contribution >= 4 is 21.4 Å². The van der Waals surface area contributed by atoms with Crippen molar-refractivity contribution in [1.82, 2.24) is 15.6 Å². The minimum Gasteiger partial charge on any atom is -0.318 e. The van der Waals surface area contributed by atoms with Crippen molar-refractivity contribution < 1.29 is 8.42 Å². The van der Waals surface area contributed by atoms with Crippen LogP contribution in [0.2, 0.25) is 0 Å². The lowest BCUT2D eigenvalue weighted by Crippen LogP contribution is -2.35. The molecule has 1 aliphatic heterocycles. The SMILES string of the molecule is CNCCN(C)CC1CNN=C1c1ccccc1NS(C)(=O)=O. The molecule has 2 rings (SSSR count).